The Kier molecular flexibility index (Phi) is 57.1. The number of thiocarbonyl (C=S) groups is 1. The number of phenols is 1. The molecule has 1 aromatic heterocycles. The van der Waals surface area contributed by atoms with Gasteiger partial charge in [0.1, 0.15) is 36.2 Å². The number of aromatic hydroxyl groups is 1. The molecular weight excluding hydrogens is 1840 g/mol. The number of methoxy groups -OCH3 is 2. The van der Waals surface area contributed by atoms with Gasteiger partial charge in [-0.3, -0.25) is 9.59 Å². The van der Waals surface area contributed by atoms with Crippen molar-refractivity contribution in [2.24, 2.45) is 9.98 Å². The number of nitrogens with zero attached hydrogens (tertiary/aromatic N) is 5. The van der Waals surface area contributed by atoms with Crippen LogP contribution in [0.2, 0.25) is 0 Å². The molecule has 0 aliphatic carbocycles. The summed E-state index contributed by atoms with van der Waals surface area (Å²) in [5, 5.41) is 23.5. The van der Waals surface area contributed by atoms with Crippen LogP contribution < -0.4 is 40.1 Å². The maximum absolute atomic E-state index is 11.1. The van der Waals surface area contributed by atoms with E-state index >= 15 is 0 Å². The molecule has 4 heterocycles. The Labute approximate surface area is 833 Å². The molecule has 9 aromatic carbocycles. The van der Waals surface area contributed by atoms with E-state index in [0.29, 0.717) is 66.5 Å². The summed E-state index contributed by atoms with van der Waals surface area (Å²) in [4.78, 5) is 45.2. The third-order valence-corrected chi connectivity index (χ3v) is 28.3. The minimum atomic E-state index is -1.59. The molecule has 3 N–H and O–H groups in total. The molecule has 0 unspecified atom stereocenters. The molecular formula is C109H146N7O13P3S4. The first kappa shape index (κ1) is 114. The Morgan fingerprint density at radius 1 is 0.441 bits per heavy atom. The average molecular weight is 1980 g/mol. The molecule has 0 fully saturated rings. The summed E-state index contributed by atoms with van der Waals surface area (Å²) < 4.78 is 54.0. The first-order chi connectivity index (χ1) is 66.1. The Bertz CT molecular complexity index is 4610. The molecule has 0 saturated carbocycles. The van der Waals surface area contributed by atoms with Gasteiger partial charge in [0.25, 0.3) is 0 Å². The third kappa shape index (κ3) is 46.6. The van der Waals surface area contributed by atoms with Crippen LogP contribution in [0.15, 0.2) is 263 Å². The third-order valence-electron chi connectivity index (χ3n) is 20.5. The van der Waals surface area contributed by atoms with Gasteiger partial charge in [-0.1, -0.05) is 359 Å². The number of ether oxygens (including phenoxy) is 4. The quantitative estimate of drug-likeness (QED) is 0.00803. The van der Waals surface area contributed by atoms with E-state index < -0.39 is 25.1 Å². The van der Waals surface area contributed by atoms with Gasteiger partial charge in [0.15, 0.2) is 10.3 Å². The van der Waals surface area contributed by atoms with Crippen molar-refractivity contribution < 1.29 is 60.8 Å². The van der Waals surface area contributed by atoms with E-state index in [1.165, 1.54) is 130 Å². The predicted octanol–water partition coefficient (Wildman–Crippen LogP) is 28.4. The van der Waals surface area contributed by atoms with Crippen molar-refractivity contribution in [1.29, 1.82) is 0 Å². The summed E-state index contributed by atoms with van der Waals surface area (Å²) in [6.07, 6.45) is 23.8. The predicted molar refractivity (Wildman–Crippen MR) is 578 cm³/mol. The zero-order valence-corrected chi connectivity index (χ0v) is 88.2. The normalized spacial score (nSPS) is 12.2. The molecule has 136 heavy (non-hydrogen) atoms. The number of carbonyl (C=O) groups excluding carboxylic acids is 2. The van der Waals surface area contributed by atoms with Crippen molar-refractivity contribution in [2.45, 2.75) is 232 Å². The molecule has 27 heteroatoms. The van der Waals surface area contributed by atoms with E-state index in [-0.39, 0.29) is 22.8 Å². The molecule has 0 spiro atoms. The second-order valence-corrected chi connectivity index (χ2v) is 42.1. The number of esters is 2. The van der Waals surface area contributed by atoms with Gasteiger partial charge in [0, 0.05) is 63.1 Å². The van der Waals surface area contributed by atoms with Crippen LogP contribution in [0, 0.1) is 0 Å². The highest BCUT2D eigenvalue weighted by Crippen LogP contribution is 2.45. The zero-order chi connectivity index (χ0) is 97.5. The molecule has 0 bridgehead atoms. The number of carbonyl (C=O) groups is 2. The smallest absolute Gasteiger partial charge is 0.507 e. The summed E-state index contributed by atoms with van der Waals surface area (Å²) in [6.45, 7) is 28.9. The number of unbranched alkanes of at least 4 members (excludes halogenated alkanes) is 13. The number of hydrogen-bond donors (Lipinski definition) is 3. The van der Waals surface area contributed by atoms with E-state index in [2.05, 4.69) is 209 Å². The number of nitrogens with one attached hydrogen (secondary N) is 2. The van der Waals surface area contributed by atoms with Crippen molar-refractivity contribution in [2.75, 3.05) is 94.0 Å². The highest BCUT2D eigenvalue weighted by molar-refractivity contribution is 7.99. The second-order valence-electron chi connectivity index (χ2n) is 33.9. The van der Waals surface area contributed by atoms with Crippen molar-refractivity contribution in [3.8, 4) is 23.0 Å². The lowest BCUT2D eigenvalue weighted by Gasteiger charge is -2.28. The van der Waals surface area contributed by atoms with Crippen LogP contribution in [0.4, 0.5) is 17.3 Å². The van der Waals surface area contributed by atoms with Gasteiger partial charge in [0.05, 0.1) is 65.0 Å². The highest BCUT2D eigenvalue weighted by Gasteiger charge is 2.28. The largest absolute Gasteiger partial charge is 0.530 e. The van der Waals surface area contributed by atoms with E-state index in [1.807, 2.05) is 140 Å². The molecule has 20 nitrogen and oxygen atoms in total. The number of rotatable bonds is 47. The van der Waals surface area contributed by atoms with Gasteiger partial charge in [0.2, 0.25) is 17.7 Å². The lowest BCUT2D eigenvalue weighted by Crippen LogP contribution is -2.20. The number of thioether (sulfide) groups is 3. The van der Waals surface area contributed by atoms with Gasteiger partial charge in [-0.2, -0.15) is 26.7 Å². The monoisotopic (exact) mass is 1980 g/mol. The van der Waals surface area contributed by atoms with E-state index in [0.717, 1.165) is 144 Å². The zero-order valence-electron chi connectivity index (χ0n) is 82.3. The molecule has 10 aromatic rings. The molecule has 0 saturated heterocycles. The van der Waals surface area contributed by atoms with Crippen molar-refractivity contribution in [3.63, 3.8) is 0 Å². The van der Waals surface area contributed by atoms with Crippen molar-refractivity contribution >= 4 is 135 Å². The van der Waals surface area contributed by atoms with Gasteiger partial charge >= 0.3 is 29.1 Å². The number of aliphatic imine (C=N–C) groups is 2. The number of fused-ring (bicyclic) bond motifs is 1. The summed E-state index contributed by atoms with van der Waals surface area (Å²) >= 11 is 10.0. The fourth-order valence-corrected chi connectivity index (χ4v) is 20.2. The van der Waals surface area contributed by atoms with E-state index in [1.54, 1.807) is 23.5 Å². The van der Waals surface area contributed by atoms with Crippen LogP contribution >= 0.6 is 72.6 Å². The topological polar surface area (TPSA) is 234 Å². The number of para-hydroxylation sites is 4. The Morgan fingerprint density at radius 2 is 0.794 bits per heavy atom. The summed E-state index contributed by atoms with van der Waals surface area (Å²) in [5.74, 6) is 7.55. The Hall–Kier alpha value is -9.02. The summed E-state index contributed by atoms with van der Waals surface area (Å²) in [5.41, 5.74) is 6.87. The van der Waals surface area contributed by atoms with Crippen molar-refractivity contribution in [3.05, 3.63) is 270 Å². The summed E-state index contributed by atoms with van der Waals surface area (Å²) in [7, 11) is -0.406. The van der Waals surface area contributed by atoms with Crippen LogP contribution in [0.1, 0.15) is 232 Å². The van der Waals surface area contributed by atoms with Crippen LogP contribution in [-0.2, 0) is 59.4 Å². The molecule has 13 rings (SSSR count). The highest BCUT2D eigenvalue weighted by atomic mass is 32.2. The van der Waals surface area contributed by atoms with Crippen LogP contribution in [-0.4, -0.2) is 132 Å². The number of phenolic OH excluding ortho intramolecular Hbond substituents is 1. The maximum atomic E-state index is 11.1. The second kappa shape index (κ2) is 68.1. The molecule has 734 valence electrons. The van der Waals surface area contributed by atoms with Gasteiger partial charge in [-0.25, -0.2) is 9.98 Å². The minimum absolute atomic E-state index is 0.197. The first-order valence-electron chi connectivity index (χ1n) is 48.0. The lowest BCUT2D eigenvalue weighted by atomic mass is 9.79. The SMILES string of the molecule is CCCCCCCCSc1nc(Nc2cc(C(C)(C)C)c(O)c(C(C)(C)C)c2)nc(SCCCCCCCC)n1.CCCCOP(OCCCC)OCCCC.COC(=O)CCSCCC(=O)OC.S=C1Cc2ccccc2N1.c1cc(C2=NCCO2)ccc1C1=NCCO1.c1ccc(OP(Oc2ccccc2)Oc2ccccc2)cc1.c1ccc(P(c2ccccc2)c2ccccc2)cc1. The van der Waals surface area contributed by atoms with Crippen LogP contribution in [0.25, 0.3) is 0 Å². The van der Waals surface area contributed by atoms with Crippen LogP contribution in [0.5, 0.6) is 23.0 Å². The lowest BCUT2D eigenvalue weighted by molar-refractivity contribution is -0.140. The van der Waals surface area contributed by atoms with Gasteiger partial charge in [-0.15, -0.1) is 0 Å². The number of aromatic nitrogens is 3. The Morgan fingerprint density at radius 3 is 1.14 bits per heavy atom. The van der Waals surface area contributed by atoms with Crippen molar-refractivity contribution in [1.82, 2.24) is 15.0 Å². The molecule has 3 aliphatic heterocycles. The molecule has 0 amide bonds. The van der Waals surface area contributed by atoms with Crippen LogP contribution in [0.3, 0.4) is 0 Å². The molecule has 0 radical (unpaired) electrons. The molecule has 0 atom stereocenters. The fraction of sp³-hybridized carbons (Fsp3) is 0.431. The van der Waals surface area contributed by atoms with E-state index in [4.69, 9.17) is 63.8 Å². The maximum Gasteiger partial charge on any atom is 0.530 e. The minimum Gasteiger partial charge on any atom is -0.507 e. The van der Waals surface area contributed by atoms with E-state index in [9.17, 15) is 14.7 Å². The Balaban J connectivity index is 0.000000227. The average Bonchev–Trinajstić information content (AvgIpc) is 0.906. The number of anilines is 3. The number of hydrogen-bond acceptors (Lipinski definition) is 23. The first-order valence-corrected chi connectivity index (χ1v) is 55.1. The van der Waals surface area contributed by atoms with Gasteiger partial charge in [-0.05, 0) is 151 Å². The number of benzene rings is 9. The summed E-state index contributed by atoms with van der Waals surface area (Å²) in [6, 6.07) is 81.1. The van der Waals surface area contributed by atoms with Gasteiger partial charge < -0.3 is 61.8 Å². The molecule has 3 aliphatic rings. The fourth-order valence-electron chi connectivity index (χ4n) is 13.0. The standard InChI is InChI=1S/C33H56N4OS2.C18H15O3P.C18H15P.C12H12N2O2.C12H27O3P.C8H7NS.C8H14O4S/c1-9-11-13-15-17-19-21-39-30-35-29(36-31(37-30)40-22-20-18-16-14-12-10-2)34-25-23-26(32(3,4)5)28(38)27(24-25)33(6,7)8;1-4-10-16(11-5-1)19-22(20-17-12-6-2-7-13-17)21-18-14-8-3-9-15-18;1-4-10-16(11-5-1)19(17-12-6-2-7-13-17)18-14-8-3-9-15-18;1-2-10(12-14-6-8-16-12)4-3-9(1)11-13-5-7-15-11;1-4-7-10-13-16(14-11-8-5-2)15-12-9-6-3;10-8-5-6-3-1-2-4-7(6)9-8;1-11-7(9)3-5-13-6-4-8(10)12-2/h23-24,38H,9-22H2,1-8H3,(H,34,35,36,37);1-15H;1-15H;1-4H,5-8H2;4-12H2,1-3H3;1-4H,5H2,(H,9,10);3-6H2,1-2H3.